The van der Waals surface area contributed by atoms with Crippen LogP contribution in [0.15, 0.2) is 23.6 Å². The topological polar surface area (TPSA) is 78.0 Å². The number of thiazole rings is 1. The van der Waals surface area contributed by atoms with Gasteiger partial charge in [-0.1, -0.05) is 0 Å². The zero-order valence-electron chi connectivity index (χ0n) is 15.3. The fraction of sp³-hybridized carbons (Fsp3) is 0.389. The van der Waals surface area contributed by atoms with E-state index in [0.29, 0.717) is 36.0 Å². The molecule has 0 bridgehead atoms. The Morgan fingerprint density at radius 2 is 1.96 bits per heavy atom. The number of carbonyl (C=O) groups is 2. The van der Waals surface area contributed by atoms with Crippen molar-refractivity contribution < 1.29 is 23.8 Å². The van der Waals surface area contributed by atoms with Crippen LogP contribution in [0.4, 0.5) is 0 Å². The van der Waals surface area contributed by atoms with Crippen LogP contribution in [-0.4, -0.2) is 67.2 Å². The Hall–Kier alpha value is -2.26. The summed E-state index contributed by atoms with van der Waals surface area (Å²) in [7, 11) is 4.51. The molecule has 1 saturated heterocycles. The minimum atomic E-state index is -0.350. The molecule has 0 unspecified atom stereocenters. The maximum atomic E-state index is 12.8. The molecule has 2 heterocycles. The van der Waals surface area contributed by atoms with Crippen molar-refractivity contribution in [1.29, 1.82) is 0 Å². The second kappa shape index (κ2) is 8.62. The number of thioether (sulfide) groups is 1. The first-order valence-corrected chi connectivity index (χ1v) is 10.2. The third kappa shape index (κ3) is 4.19. The van der Waals surface area contributed by atoms with E-state index in [4.69, 9.17) is 14.2 Å². The molecule has 0 radical (unpaired) electrons. The molecule has 27 heavy (non-hydrogen) atoms. The number of hydrogen-bond acceptors (Lipinski definition) is 8. The third-order valence-corrected chi connectivity index (χ3v) is 6.23. The van der Waals surface area contributed by atoms with Crippen LogP contribution in [0.25, 0.3) is 10.6 Å². The second-order valence-electron chi connectivity index (χ2n) is 5.74. The first-order valence-electron chi connectivity index (χ1n) is 8.24. The fourth-order valence-electron chi connectivity index (χ4n) is 2.74. The summed E-state index contributed by atoms with van der Waals surface area (Å²) in [5.74, 6) is 1.45. The molecule has 0 spiro atoms. The lowest BCUT2D eigenvalue weighted by atomic mass is 10.2. The number of ether oxygens (including phenoxy) is 3. The van der Waals surface area contributed by atoms with Crippen LogP contribution < -0.4 is 9.47 Å². The van der Waals surface area contributed by atoms with Crippen molar-refractivity contribution in [2.24, 2.45) is 0 Å². The van der Waals surface area contributed by atoms with Crippen LogP contribution in [0, 0.1) is 0 Å². The highest BCUT2D eigenvalue weighted by Gasteiger charge is 2.31. The molecule has 3 rings (SSSR count). The van der Waals surface area contributed by atoms with E-state index >= 15 is 0 Å². The molecule has 1 fully saturated rings. The molecule has 1 aliphatic rings. The predicted octanol–water partition coefficient (Wildman–Crippen LogP) is 2.56. The zero-order valence-corrected chi connectivity index (χ0v) is 16.9. The molecule has 1 atom stereocenters. The number of benzene rings is 1. The zero-order chi connectivity index (χ0) is 19.4. The van der Waals surface area contributed by atoms with Crippen LogP contribution in [0.2, 0.25) is 0 Å². The van der Waals surface area contributed by atoms with Crippen molar-refractivity contribution in [3.63, 3.8) is 0 Å². The number of esters is 1. The molecule has 0 aliphatic carbocycles. The standard InChI is InChI=1S/C18H20N2O5S2/c1-23-13-5-4-11(8-14(13)24-2)16-19-12(10-27-16)17(21)20-6-7-26-15(9-20)18(22)25-3/h4-5,8,10,15H,6-7,9H2,1-3H3/t15-/m0/s1. The highest BCUT2D eigenvalue weighted by molar-refractivity contribution is 8.00. The molecule has 7 nitrogen and oxygen atoms in total. The molecular formula is C18H20N2O5S2. The Kier molecular flexibility index (Phi) is 6.22. The second-order valence-corrected chi connectivity index (χ2v) is 7.91. The molecule has 2 aromatic rings. The van der Waals surface area contributed by atoms with E-state index in [-0.39, 0.29) is 17.1 Å². The van der Waals surface area contributed by atoms with Gasteiger partial charge in [-0.05, 0) is 18.2 Å². The summed E-state index contributed by atoms with van der Waals surface area (Å²) in [6.45, 7) is 0.916. The van der Waals surface area contributed by atoms with Gasteiger partial charge in [0.1, 0.15) is 16.0 Å². The summed E-state index contributed by atoms with van der Waals surface area (Å²) in [5.41, 5.74) is 1.22. The van der Waals surface area contributed by atoms with E-state index in [1.807, 2.05) is 12.1 Å². The van der Waals surface area contributed by atoms with Gasteiger partial charge in [0.2, 0.25) is 0 Å². The van der Waals surface area contributed by atoms with E-state index in [0.717, 1.165) is 10.6 Å². The predicted molar refractivity (Wildman–Crippen MR) is 105 cm³/mol. The van der Waals surface area contributed by atoms with Crippen LogP contribution in [0.3, 0.4) is 0 Å². The van der Waals surface area contributed by atoms with E-state index in [1.54, 1.807) is 30.6 Å². The molecular weight excluding hydrogens is 388 g/mol. The van der Waals surface area contributed by atoms with Crippen LogP contribution in [0.5, 0.6) is 11.5 Å². The highest BCUT2D eigenvalue weighted by atomic mass is 32.2. The number of hydrogen-bond donors (Lipinski definition) is 0. The van der Waals surface area contributed by atoms with Crippen molar-refractivity contribution >= 4 is 35.0 Å². The third-order valence-electron chi connectivity index (χ3n) is 4.17. The maximum absolute atomic E-state index is 12.8. The van der Waals surface area contributed by atoms with E-state index in [2.05, 4.69) is 4.98 Å². The number of amides is 1. The Labute approximate surface area is 165 Å². The lowest BCUT2D eigenvalue weighted by molar-refractivity contribution is -0.140. The van der Waals surface area contributed by atoms with Crippen LogP contribution in [-0.2, 0) is 9.53 Å². The fourth-order valence-corrected chi connectivity index (χ4v) is 4.66. The van der Waals surface area contributed by atoms with Crippen LogP contribution in [0.1, 0.15) is 10.5 Å². The molecule has 144 valence electrons. The quantitative estimate of drug-likeness (QED) is 0.704. The van der Waals surface area contributed by atoms with Crippen molar-refractivity contribution in [3.05, 3.63) is 29.3 Å². The minimum Gasteiger partial charge on any atom is -0.493 e. The summed E-state index contributed by atoms with van der Waals surface area (Å²) in [6, 6.07) is 5.51. The van der Waals surface area contributed by atoms with Gasteiger partial charge in [-0.25, -0.2) is 4.98 Å². The van der Waals surface area contributed by atoms with E-state index in [9.17, 15) is 9.59 Å². The van der Waals surface area contributed by atoms with Crippen molar-refractivity contribution in [2.75, 3.05) is 40.2 Å². The highest BCUT2D eigenvalue weighted by Crippen LogP contribution is 2.33. The van der Waals surface area contributed by atoms with Gasteiger partial charge in [-0.15, -0.1) is 23.1 Å². The SMILES string of the molecule is COC(=O)[C@@H]1CN(C(=O)c2csc(-c3ccc(OC)c(OC)c3)n2)CCS1. The van der Waals surface area contributed by atoms with Gasteiger partial charge in [-0.3, -0.25) is 9.59 Å². The average molecular weight is 409 g/mol. The number of methoxy groups -OCH3 is 3. The maximum Gasteiger partial charge on any atom is 0.320 e. The van der Waals surface area contributed by atoms with Crippen molar-refractivity contribution in [1.82, 2.24) is 9.88 Å². The molecule has 0 saturated carbocycles. The van der Waals surface area contributed by atoms with E-state index < -0.39 is 0 Å². The first-order chi connectivity index (χ1) is 13.1. The van der Waals surface area contributed by atoms with Crippen molar-refractivity contribution in [3.8, 4) is 22.1 Å². The van der Waals surface area contributed by atoms with Gasteiger partial charge in [0.25, 0.3) is 5.91 Å². The Morgan fingerprint density at radius 3 is 2.67 bits per heavy atom. The summed E-state index contributed by atoms with van der Waals surface area (Å²) < 4.78 is 15.4. The molecule has 1 amide bonds. The van der Waals surface area contributed by atoms with Gasteiger partial charge >= 0.3 is 5.97 Å². The number of rotatable bonds is 5. The normalized spacial score (nSPS) is 16.7. The smallest absolute Gasteiger partial charge is 0.320 e. The summed E-state index contributed by atoms with van der Waals surface area (Å²) in [6.07, 6.45) is 0. The summed E-state index contributed by atoms with van der Waals surface area (Å²) in [4.78, 5) is 30.7. The monoisotopic (exact) mass is 408 g/mol. The Morgan fingerprint density at radius 1 is 1.19 bits per heavy atom. The molecule has 0 N–H and O–H groups in total. The van der Waals surface area contributed by atoms with Crippen molar-refractivity contribution in [2.45, 2.75) is 5.25 Å². The minimum absolute atomic E-state index is 0.174. The average Bonchev–Trinajstić information content (AvgIpc) is 3.22. The van der Waals surface area contributed by atoms with E-state index in [1.165, 1.54) is 30.2 Å². The van der Waals surface area contributed by atoms with Gasteiger partial charge in [0, 0.05) is 29.8 Å². The number of carbonyl (C=O) groups excluding carboxylic acids is 2. The summed E-state index contributed by atoms with van der Waals surface area (Å²) >= 11 is 2.90. The lowest BCUT2D eigenvalue weighted by Gasteiger charge is -2.30. The number of nitrogens with zero attached hydrogens (tertiary/aromatic N) is 2. The Balaban J connectivity index is 1.77. The van der Waals surface area contributed by atoms with Gasteiger partial charge in [0.05, 0.1) is 21.3 Å². The van der Waals surface area contributed by atoms with Gasteiger partial charge in [-0.2, -0.15) is 0 Å². The first kappa shape index (κ1) is 19.5. The number of aromatic nitrogens is 1. The van der Waals surface area contributed by atoms with Gasteiger partial charge in [0.15, 0.2) is 11.5 Å². The Bertz CT molecular complexity index is 839. The summed E-state index contributed by atoms with van der Waals surface area (Å²) in [5, 5.41) is 2.11. The van der Waals surface area contributed by atoms with Gasteiger partial charge < -0.3 is 19.1 Å². The van der Waals surface area contributed by atoms with Crippen LogP contribution >= 0.6 is 23.1 Å². The molecule has 1 aliphatic heterocycles. The molecule has 1 aromatic heterocycles. The molecule has 1 aromatic carbocycles. The molecule has 9 heteroatoms. The lowest BCUT2D eigenvalue weighted by Crippen LogP contribution is -2.45. The largest absolute Gasteiger partial charge is 0.493 e.